The lowest BCUT2D eigenvalue weighted by molar-refractivity contribution is -0.274. The van der Waals surface area contributed by atoms with E-state index in [-0.39, 0.29) is 22.2 Å². The van der Waals surface area contributed by atoms with E-state index in [1.807, 2.05) is 0 Å². The van der Waals surface area contributed by atoms with Crippen molar-refractivity contribution in [1.82, 2.24) is 10.3 Å². The fourth-order valence-electron chi connectivity index (χ4n) is 2.85. The largest absolute Gasteiger partial charge is 0.387 e. The van der Waals surface area contributed by atoms with Crippen molar-refractivity contribution < 1.29 is 24.5 Å². The van der Waals surface area contributed by atoms with Gasteiger partial charge in [0.1, 0.15) is 17.4 Å². The Labute approximate surface area is 150 Å². The summed E-state index contributed by atoms with van der Waals surface area (Å²) in [6.45, 7) is 4.91. The standard InChI is InChI=1S/C15H22Cl2N2O5/c1-6-10(16)11(17)12(18-6)14(21)19-8(3)15(22)5-9(23-4)24-7(2)13(15)20/h7-9,13,18,20,22H,5H2,1-4H3,(H,19,21)/t7-,8+,9-,13-,15-/m1/s1. The second-order valence-electron chi connectivity index (χ2n) is 6.09. The number of aromatic nitrogens is 1. The van der Waals surface area contributed by atoms with E-state index in [1.54, 1.807) is 20.8 Å². The lowest BCUT2D eigenvalue weighted by Gasteiger charge is -2.46. The smallest absolute Gasteiger partial charge is 0.269 e. The first-order chi connectivity index (χ1) is 11.1. The van der Waals surface area contributed by atoms with E-state index in [1.165, 1.54) is 7.11 Å². The molecule has 9 heteroatoms. The van der Waals surface area contributed by atoms with Crippen molar-refractivity contribution in [3.8, 4) is 0 Å². The Bertz CT molecular complexity index is 623. The molecule has 2 rings (SSSR count). The first-order valence-electron chi connectivity index (χ1n) is 7.55. The second kappa shape index (κ2) is 7.19. The van der Waals surface area contributed by atoms with E-state index >= 15 is 0 Å². The van der Waals surface area contributed by atoms with E-state index in [2.05, 4.69) is 10.3 Å². The summed E-state index contributed by atoms with van der Waals surface area (Å²) in [6.07, 6.45) is -2.52. The number of amides is 1. The molecule has 0 bridgehead atoms. The molecule has 5 atom stereocenters. The highest BCUT2D eigenvalue weighted by molar-refractivity contribution is 6.44. The third-order valence-corrected chi connectivity index (χ3v) is 5.41. The molecule has 0 radical (unpaired) electrons. The number of aromatic amines is 1. The van der Waals surface area contributed by atoms with Crippen molar-refractivity contribution >= 4 is 29.1 Å². The highest BCUT2D eigenvalue weighted by atomic mass is 35.5. The average molecular weight is 381 g/mol. The third kappa shape index (κ3) is 3.42. The number of nitrogens with one attached hydrogen (secondary N) is 2. The maximum Gasteiger partial charge on any atom is 0.269 e. The molecule has 0 saturated carbocycles. The minimum atomic E-state index is -1.62. The van der Waals surface area contributed by atoms with Crippen molar-refractivity contribution in [3.05, 3.63) is 21.4 Å². The molecule has 0 aliphatic carbocycles. The van der Waals surface area contributed by atoms with Crippen molar-refractivity contribution in [1.29, 1.82) is 0 Å². The Morgan fingerprint density at radius 2 is 2.12 bits per heavy atom. The zero-order valence-corrected chi connectivity index (χ0v) is 15.4. The Hall–Kier alpha value is -0.830. The van der Waals surface area contributed by atoms with Crippen LogP contribution in [-0.4, -0.2) is 58.4 Å². The third-order valence-electron chi connectivity index (χ3n) is 4.46. The van der Waals surface area contributed by atoms with Gasteiger partial charge in [0, 0.05) is 19.2 Å². The van der Waals surface area contributed by atoms with Crippen LogP contribution in [-0.2, 0) is 9.47 Å². The molecule has 1 aliphatic rings. The van der Waals surface area contributed by atoms with Gasteiger partial charge in [0.15, 0.2) is 6.29 Å². The van der Waals surface area contributed by atoms with Gasteiger partial charge in [-0.2, -0.15) is 0 Å². The Morgan fingerprint density at radius 3 is 2.62 bits per heavy atom. The molecule has 2 heterocycles. The molecule has 1 aliphatic heterocycles. The van der Waals surface area contributed by atoms with Gasteiger partial charge in [0.2, 0.25) is 0 Å². The molecule has 1 saturated heterocycles. The van der Waals surface area contributed by atoms with Crippen LogP contribution in [0, 0.1) is 6.92 Å². The fraction of sp³-hybridized carbons (Fsp3) is 0.667. The number of rotatable bonds is 4. The van der Waals surface area contributed by atoms with Crippen molar-refractivity contribution in [2.24, 2.45) is 0 Å². The van der Waals surface area contributed by atoms with Gasteiger partial charge in [-0.05, 0) is 20.8 Å². The maximum atomic E-state index is 12.4. The minimum Gasteiger partial charge on any atom is -0.387 e. The van der Waals surface area contributed by atoms with Crippen LogP contribution in [0.2, 0.25) is 10.0 Å². The number of hydrogen-bond acceptors (Lipinski definition) is 5. The van der Waals surface area contributed by atoms with Gasteiger partial charge in [0.05, 0.1) is 22.2 Å². The minimum absolute atomic E-state index is 0.00863. The van der Waals surface area contributed by atoms with E-state index in [0.29, 0.717) is 5.69 Å². The highest BCUT2D eigenvalue weighted by Gasteiger charge is 2.50. The first kappa shape index (κ1) is 19.5. The van der Waals surface area contributed by atoms with Crippen LogP contribution in [0.4, 0.5) is 0 Å². The average Bonchev–Trinajstić information content (AvgIpc) is 2.79. The van der Waals surface area contributed by atoms with Gasteiger partial charge < -0.3 is 30.0 Å². The Morgan fingerprint density at radius 1 is 1.50 bits per heavy atom. The van der Waals surface area contributed by atoms with E-state index in [4.69, 9.17) is 32.7 Å². The summed E-state index contributed by atoms with van der Waals surface area (Å²) in [7, 11) is 1.45. The van der Waals surface area contributed by atoms with E-state index in [9.17, 15) is 15.0 Å². The Kier molecular flexibility index (Phi) is 5.84. The molecule has 7 nitrogen and oxygen atoms in total. The summed E-state index contributed by atoms with van der Waals surface area (Å²) < 4.78 is 10.6. The van der Waals surface area contributed by atoms with E-state index in [0.717, 1.165) is 0 Å². The summed E-state index contributed by atoms with van der Waals surface area (Å²) in [5, 5.41) is 24.3. The van der Waals surface area contributed by atoms with Gasteiger partial charge in [-0.25, -0.2) is 0 Å². The summed E-state index contributed by atoms with van der Waals surface area (Å²) in [5.74, 6) is -0.531. The monoisotopic (exact) mass is 380 g/mol. The summed E-state index contributed by atoms with van der Waals surface area (Å²) in [6, 6.07) is -0.789. The number of aryl methyl sites for hydroxylation is 1. The molecule has 4 N–H and O–H groups in total. The number of carbonyl (C=O) groups excluding carboxylic acids is 1. The number of halogens is 2. The normalized spacial score (nSPS) is 31.8. The molecule has 0 spiro atoms. The summed E-state index contributed by atoms with van der Waals surface area (Å²) in [4.78, 5) is 15.2. The van der Waals surface area contributed by atoms with Crippen LogP contribution in [0.15, 0.2) is 0 Å². The lowest BCUT2D eigenvalue weighted by Crippen LogP contribution is -2.65. The number of carbonyl (C=O) groups is 1. The van der Waals surface area contributed by atoms with Gasteiger partial charge in [-0.3, -0.25) is 4.79 Å². The SMILES string of the molecule is CO[C@H]1C[C@@](O)([C@H](C)NC(=O)c2[nH]c(C)c(Cl)c2Cl)[C@H](O)[C@@H](C)O1. The number of ether oxygens (including phenoxy) is 2. The number of hydrogen-bond donors (Lipinski definition) is 4. The van der Waals surface area contributed by atoms with Gasteiger partial charge in [-0.1, -0.05) is 23.2 Å². The van der Waals surface area contributed by atoms with Crippen LogP contribution in [0.1, 0.15) is 36.5 Å². The van der Waals surface area contributed by atoms with Crippen molar-refractivity contribution in [2.75, 3.05) is 7.11 Å². The molecule has 24 heavy (non-hydrogen) atoms. The van der Waals surface area contributed by atoms with Gasteiger partial charge in [0.25, 0.3) is 5.91 Å². The molecule has 1 amide bonds. The van der Waals surface area contributed by atoms with E-state index < -0.39 is 36.0 Å². The molecule has 136 valence electrons. The quantitative estimate of drug-likeness (QED) is 0.635. The molecule has 1 fully saturated rings. The second-order valence-corrected chi connectivity index (χ2v) is 6.85. The first-order valence-corrected chi connectivity index (χ1v) is 8.30. The van der Waals surface area contributed by atoms with Crippen LogP contribution < -0.4 is 5.32 Å². The maximum absolute atomic E-state index is 12.4. The number of H-pyrrole nitrogens is 1. The molecular formula is C15H22Cl2N2O5. The Balaban J connectivity index is 2.19. The molecule has 1 aromatic rings. The predicted molar refractivity (Wildman–Crippen MR) is 89.4 cm³/mol. The van der Waals surface area contributed by atoms with Crippen molar-refractivity contribution in [3.63, 3.8) is 0 Å². The highest BCUT2D eigenvalue weighted by Crippen LogP contribution is 2.33. The number of methoxy groups -OCH3 is 1. The molecular weight excluding hydrogens is 359 g/mol. The van der Waals surface area contributed by atoms with Crippen LogP contribution in [0.5, 0.6) is 0 Å². The number of aliphatic hydroxyl groups is 2. The van der Waals surface area contributed by atoms with Crippen LogP contribution in [0.3, 0.4) is 0 Å². The molecule has 0 unspecified atom stereocenters. The topological polar surface area (TPSA) is 104 Å². The zero-order chi connectivity index (χ0) is 18.2. The molecule has 0 aromatic carbocycles. The fourth-order valence-corrected chi connectivity index (χ4v) is 3.27. The van der Waals surface area contributed by atoms with Gasteiger partial charge >= 0.3 is 0 Å². The number of aliphatic hydroxyl groups excluding tert-OH is 1. The van der Waals surface area contributed by atoms with Crippen LogP contribution in [0.25, 0.3) is 0 Å². The summed E-state index contributed by atoms with van der Waals surface area (Å²) >= 11 is 12.0. The van der Waals surface area contributed by atoms with Gasteiger partial charge in [-0.15, -0.1) is 0 Å². The zero-order valence-electron chi connectivity index (χ0n) is 13.9. The van der Waals surface area contributed by atoms with Crippen LogP contribution >= 0.6 is 23.2 Å². The molecule has 1 aromatic heterocycles. The van der Waals surface area contributed by atoms with Crippen molar-refractivity contribution in [2.45, 2.75) is 57.3 Å². The lowest BCUT2D eigenvalue weighted by atomic mass is 9.81. The predicted octanol–water partition coefficient (Wildman–Crippen LogP) is 1.62. The summed E-state index contributed by atoms with van der Waals surface area (Å²) in [5.41, 5.74) is -0.948.